The molecule has 0 aliphatic carbocycles. The number of hydrogen-bond donors (Lipinski definition) is 1. The highest BCUT2D eigenvalue weighted by molar-refractivity contribution is 7.89. The van der Waals surface area contributed by atoms with Crippen LogP contribution in [0.1, 0.15) is 17.0 Å². The van der Waals surface area contributed by atoms with E-state index in [1.807, 2.05) is 18.2 Å². The smallest absolute Gasteiger partial charge is 0.241 e. The number of rotatable bonds is 4. The van der Waals surface area contributed by atoms with Gasteiger partial charge in [0.2, 0.25) is 10.0 Å². The molecule has 0 aliphatic heterocycles. The van der Waals surface area contributed by atoms with Crippen LogP contribution in [0.4, 0.5) is 0 Å². The van der Waals surface area contributed by atoms with Crippen LogP contribution in [-0.2, 0) is 16.6 Å². The maximum absolute atomic E-state index is 12.3. The highest BCUT2D eigenvalue weighted by atomic mass is 32.2. The summed E-state index contributed by atoms with van der Waals surface area (Å²) >= 11 is 0. The van der Waals surface area contributed by atoms with Gasteiger partial charge in [-0.15, -0.1) is 0 Å². The molecule has 0 saturated carbocycles. The molecule has 0 saturated heterocycles. The monoisotopic (exact) mass is 316 g/mol. The summed E-state index contributed by atoms with van der Waals surface area (Å²) in [5, 5.41) is 0. The van der Waals surface area contributed by atoms with Crippen LogP contribution in [0.15, 0.2) is 51.8 Å². The van der Waals surface area contributed by atoms with E-state index in [0.717, 1.165) is 16.6 Å². The van der Waals surface area contributed by atoms with Crippen LogP contribution in [0.5, 0.6) is 0 Å². The first-order valence-corrected chi connectivity index (χ1v) is 8.35. The SMILES string of the molecule is Cc1nc2ccc(CNS(=O)(=O)c3ccccc3C)cc2o1. The topological polar surface area (TPSA) is 72.2 Å². The van der Waals surface area contributed by atoms with Crippen molar-refractivity contribution in [2.24, 2.45) is 0 Å². The fraction of sp³-hybridized carbons (Fsp3) is 0.188. The molecule has 0 atom stereocenters. The van der Waals surface area contributed by atoms with Gasteiger partial charge in [0.05, 0.1) is 4.90 Å². The maximum atomic E-state index is 12.3. The van der Waals surface area contributed by atoms with E-state index in [9.17, 15) is 8.42 Å². The molecule has 0 spiro atoms. The minimum absolute atomic E-state index is 0.201. The molecule has 1 heterocycles. The lowest BCUT2D eigenvalue weighted by atomic mass is 10.2. The number of nitrogens with one attached hydrogen (secondary N) is 1. The predicted octanol–water partition coefficient (Wildman–Crippen LogP) is 2.92. The molecule has 0 fully saturated rings. The van der Waals surface area contributed by atoms with Gasteiger partial charge in [0, 0.05) is 13.5 Å². The molecule has 0 amide bonds. The quantitative estimate of drug-likeness (QED) is 0.803. The Labute approximate surface area is 129 Å². The normalized spacial score (nSPS) is 11.9. The van der Waals surface area contributed by atoms with E-state index in [-0.39, 0.29) is 6.54 Å². The number of aromatic nitrogens is 1. The Kier molecular flexibility index (Phi) is 3.72. The van der Waals surface area contributed by atoms with Gasteiger partial charge in [-0.2, -0.15) is 0 Å². The average molecular weight is 316 g/mol. The van der Waals surface area contributed by atoms with Gasteiger partial charge < -0.3 is 4.42 Å². The summed E-state index contributed by atoms with van der Waals surface area (Å²) in [6, 6.07) is 12.4. The Balaban J connectivity index is 1.82. The van der Waals surface area contributed by atoms with Gasteiger partial charge in [0.1, 0.15) is 5.52 Å². The van der Waals surface area contributed by atoms with Crippen LogP contribution < -0.4 is 4.72 Å². The van der Waals surface area contributed by atoms with Gasteiger partial charge >= 0.3 is 0 Å². The lowest BCUT2D eigenvalue weighted by molar-refractivity contribution is 0.560. The van der Waals surface area contributed by atoms with Crippen molar-refractivity contribution in [3.05, 3.63) is 59.5 Å². The van der Waals surface area contributed by atoms with Gasteiger partial charge in [-0.3, -0.25) is 0 Å². The molecule has 3 rings (SSSR count). The first kappa shape index (κ1) is 14.7. The van der Waals surface area contributed by atoms with Crippen molar-refractivity contribution in [2.75, 3.05) is 0 Å². The van der Waals surface area contributed by atoms with Gasteiger partial charge in [-0.05, 0) is 36.2 Å². The van der Waals surface area contributed by atoms with Crippen LogP contribution in [-0.4, -0.2) is 13.4 Å². The highest BCUT2D eigenvalue weighted by Gasteiger charge is 2.16. The van der Waals surface area contributed by atoms with E-state index in [0.29, 0.717) is 16.4 Å². The van der Waals surface area contributed by atoms with Gasteiger partial charge in [-0.1, -0.05) is 24.3 Å². The maximum Gasteiger partial charge on any atom is 0.241 e. The Morgan fingerprint density at radius 2 is 1.91 bits per heavy atom. The number of benzene rings is 2. The van der Waals surface area contributed by atoms with E-state index < -0.39 is 10.0 Å². The standard InChI is InChI=1S/C16H16N2O3S/c1-11-5-3-4-6-16(11)22(19,20)17-10-13-7-8-14-15(9-13)21-12(2)18-14/h3-9,17H,10H2,1-2H3. The largest absolute Gasteiger partial charge is 0.441 e. The minimum Gasteiger partial charge on any atom is -0.441 e. The summed E-state index contributed by atoms with van der Waals surface area (Å²) in [4.78, 5) is 4.51. The number of aryl methyl sites for hydroxylation is 2. The second kappa shape index (κ2) is 5.55. The Bertz CT molecular complexity index is 929. The number of nitrogens with zero attached hydrogens (tertiary/aromatic N) is 1. The van der Waals surface area contributed by atoms with E-state index >= 15 is 0 Å². The average Bonchev–Trinajstić information content (AvgIpc) is 2.85. The zero-order valence-corrected chi connectivity index (χ0v) is 13.1. The second-order valence-electron chi connectivity index (χ2n) is 5.13. The number of hydrogen-bond acceptors (Lipinski definition) is 4. The van der Waals surface area contributed by atoms with Crippen molar-refractivity contribution in [3.8, 4) is 0 Å². The minimum atomic E-state index is -3.53. The van der Waals surface area contributed by atoms with Crippen molar-refractivity contribution >= 4 is 21.1 Å². The Morgan fingerprint density at radius 3 is 2.68 bits per heavy atom. The Hall–Kier alpha value is -2.18. The van der Waals surface area contributed by atoms with E-state index in [4.69, 9.17) is 4.42 Å². The Morgan fingerprint density at radius 1 is 1.14 bits per heavy atom. The van der Waals surface area contributed by atoms with Crippen LogP contribution in [0.25, 0.3) is 11.1 Å². The summed E-state index contributed by atoms with van der Waals surface area (Å²) in [7, 11) is -3.53. The third-order valence-corrected chi connectivity index (χ3v) is 4.97. The molecule has 0 bridgehead atoms. The molecule has 114 valence electrons. The van der Waals surface area contributed by atoms with E-state index in [2.05, 4.69) is 9.71 Å². The van der Waals surface area contributed by atoms with Gasteiger partial charge in [0.25, 0.3) is 0 Å². The molecule has 6 heteroatoms. The first-order chi connectivity index (χ1) is 10.5. The van der Waals surface area contributed by atoms with Crippen LogP contribution >= 0.6 is 0 Å². The number of oxazole rings is 1. The molecule has 22 heavy (non-hydrogen) atoms. The van der Waals surface area contributed by atoms with Crippen LogP contribution in [0, 0.1) is 13.8 Å². The molecular weight excluding hydrogens is 300 g/mol. The molecule has 1 aromatic heterocycles. The van der Waals surface area contributed by atoms with E-state index in [1.54, 1.807) is 38.1 Å². The van der Waals surface area contributed by atoms with Crippen molar-refractivity contribution < 1.29 is 12.8 Å². The van der Waals surface area contributed by atoms with Crippen molar-refractivity contribution in [2.45, 2.75) is 25.3 Å². The first-order valence-electron chi connectivity index (χ1n) is 6.87. The zero-order valence-electron chi connectivity index (χ0n) is 12.3. The van der Waals surface area contributed by atoms with Crippen molar-refractivity contribution in [1.82, 2.24) is 9.71 Å². The lowest BCUT2D eigenvalue weighted by Gasteiger charge is -2.09. The molecule has 0 aliphatic rings. The predicted molar refractivity (Wildman–Crippen MR) is 84.0 cm³/mol. The molecule has 1 N–H and O–H groups in total. The highest BCUT2D eigenvalue weighted by Crippen LogP contribution is 2.18. The van der Waals surface area contributed by atoms with Gasteiger partial charge in [-0.25, -0.2) is 18.1 Å². The van der Waals surface area contributed by atoms with Crippen LogP contribution in [0.2, 0.25) is 0 Å². The summed E-state index contributed by atoms with van der Waals surface area (Å²) in [6.45, 7) is 3.75. The summed E-state index contributed by atoms with van der Waals surface area (Å²) in [5.74, 6) is 0.590. The fourth-order valence-corrected chi connectivity index (χ4v) is 3.57. The third kappa shape index (κ3) is 2.88. The molecular formula is C16H16N2O3S. The molecule has 2 aromatic carbocycles. The lowest BCUT2D eigenvalue weighted by Crippen LogP contribution is -2.23. The fourth-order valence-electron chi connectivity index (χ4n) is 2.31. The van der Waals surface area contributed by atoms with Crippen molar-refractivity contribution in [1.29, 1.82) is 0 Å². The van der Waals surface area contributed by atoms with Crippen LogP contribution in [0.3, 0.4) is 0 Å². The third-order valence-electron chi connectivity index (χ3n) is 3.41. The summed E-state index contributed by atoms with van der Waals surface area (Å²) in [6.07, 6.45) is 0. The molecule has 5 nitrogen and oxygen atoms in total. The van der Waals surface area contributed by atoms with E-state index in [1.165, 1.54) is 0 Å². The summed E-state index contributed by atoms with van der Waals surface area (Å²) in [5.41, 5.74) is 2.96. The molecule has 3 aromatic rings. The van der Waals surface area contributed by atoms with Gasteiger partial charge in [0.15, 0.2) is 11.5 Å². The second-order valence-corrected chi connectivity index (χ2v) is 6.86. The number of sulfonamides is 1. The zero-order chi connectivity index (χ0) is 15.7. The summed E-state index contributed by atoms with van der Waals surface area (Å²) < 4.78 is 32.8. The van der Waals surface area contributed by atoms with Crippen molar-refractivity contribution in [3.63, 3.8) is 0 Å². The number of fused-ring (bicyclic) bond motifs is 1. The molecule has 0 unspecified atom stereocenters. The molecule has 0 radical (unpaired) electrons.